The molecular formula is C50H51F7N8O8S. The molecule has 3 atom stereocenters. The molecule has 5 amide bonds. The van der Waals surface area contributed by atoms with Crippen LogP contribution in [0.2, 0.25) is 0 Å². The first-order valence-corrected chi connectivity index (χ1v) is 23.3. The monoisotopic (exact) mass is 1060 g/mol. The number of alkyl halides is 6. The molecule has 0 aliphatic carbocycles. The topological polar surface area (TPSA) is 221 Å². The minimum Gasteiger partial charge on any atom is -0.493 e. The molecule has 0 spiro atoms. The van der Waals surface area contributed by atoms with E-state index >= 15 is 4.39 Å². The van der Waals surface area contributed by atoms with E-state index in [0.717, 1.165) is 24.3 Å². The number of nitrogens with zero attached hydrogens (tertiary/aromatic N) is 5. The minimum atomic E-state index is -5.28. The van der Waals surface area contributed by atoms with Crippen LogP contribution in [0.5, 0.6) is 5.75 Å². The first kappa shape index (κ1) is 56.1. The van der Waals surface area contributed by atoms with Gasteiger partial charge in [0.05, 0.1) is 53.2 Å². The highest BCUT2D eigenvalue weighted by Crippen LogP contribution is 2.43. The van der Waals surface area contributed by atoms with Gasteiger partial charge in [-0.2, -0.15) is 31.6 Å². The Morgan fingerprint density at radius 1 is 0.973 bits per heavy atom. The zero-order valence-corrected chi connectivity index (χ0v) is 41.3. The summed E-state index contributed by atoms with van der Waals surface area (Å²) < 4.78 is 111. The van der Waals surface area contributed by atoms with Crippen LogP contribution in [0.25, 0.3) is 11.3 Å². The van der Waals surface area contributed by atoms with E-state index in [4.69, 9.17) is 27.4 Å². The highest BCUT2D eigenvalue weighted by molar-refractivity contribution is 7.81. The summed E-state index contributed by atoms with van der Waals surface area (Å²) in [7, 11) is 0. The van der Waals surface area contributed by atoms with Crippen LogP contribution in [-0.4, -0.2) is 99.7 Å². The molecule has 0 radical (unpaired) electrons. The Kier molecular flexibility index (Phi) is 16.7. The van der Waals surface area contributed by atoms with E-state index in [1.807, 2.05) is 0 Å². The van der Waals surface area contributed by atoms with Crippen LogP contribution in [0.4, 0.5) is 42.1 Å². The summed E-state index contributed by atoms with van der Waals surface area (Å²) in [6.45, 7) is 7.17. The summed E-state index contributed by atoms with van der Waals surface area (Å²) >= 11 is 5.46. The quantitative estimate of drug-likeness (QED) is 0.0488. The van der Waals surface area contributed by atoms with Gasteiger partial charge in [-0.05, 0) is 104 Å². The molecular weight excluding hydrogens is 1010 g/mol. The predicted octanol–water partition coefficient (Wildman–Crippen LogP) is 6.80. The maximum atomic E-state index is 15.5. The van der Waals surface area contributed by atoms with Crippen molar-refractivity contribution in [1.29, 1.82) is 5.26 Å². The van der Waals surface area contributed by atoms with Gasteiger partial charge in [0, 0.05) is 37.2 Å². The second kappa shape index (κ2) is 22.1. The number of primary amides is 1. The molecule has 0 saturated carbocycles. The number of aliphatic hydroxyl groups is 1. The number of ether oxygens (including phenoxy) is 2. The molecule has 2 saturated heterocycles. The zero-order chi connectivity index (χ0) is 54.7. The molecule has 3 aromatic carbocycles. The fraction of sp³-hybridized carbons (Fsp3) is 0.400. The number of hydrogen-bond acceptors (Lipinski definition) is 11. The Bertz CT molecular complexity index is 2850. The molecule has 3 heterocycles. The number of anilines is 2. The molecule has 6 rings (SSSR count). The van der Waals surface area contributed by atoms with E-state index in [1.165, 1.54) is 66.2 Å². The van der Waals surface area contributed by atoms with Crippen LogP contribution < -0.4 is 30.9 Å². The zero-order valence-electron chi connectivity index (χ0n) is 40.5. The molecule has 74 heavy (non-hydrogen) atoms. The highest BCUT2D eigenvalue weighted by atomic mass is 32.1. The molecule has 2 aliphatic rings. The average molecular weight is 1060 g/mol. The number of aliphatic hydroxyl groups excluding tert-OH is 1. The lowest BCUT2D eigenvalue weighted by Crippen LogP contribution is -2.58. The number of amides is 5. The first-order chi connectivity index (χ1) is 34.6. The number of carbonyl (C=O) groups is 5. The Balaban J connectivity index is 1.01. The van der Waals surface area contributed by atoms with Crippen molar-refractivity contribution in [2.45, 2.75) is 96.5 Å². The predicted molar refractivity (Wildman–Crippen MR) is 257 cm³/mol. The van der Waals surface area contributed by atoms with Gasteiger partial charge in [-0.1, -0.05) is 32.9 Å². The van der Waals surface area contributed by atoms with E-state index in [9.17, 15) is 60.7 Å². The van der Waals surface area contributed by atoms with Crippen molar-refractivity contribution >= 4 is 58.2 Å². The van der Waals surface area contributed by atoms with Gasteiger partial charge >= 0.3 is 12.4 Å². The lowest BCUT2D eigenvalue weighted by molar-refractivity contribution is -0.144. The van der Waals surface area contributed by atoms with E-state index < -0.39 is 117 Å². The highest BCUT2D eigenvalue weighted by Gasteiger charge is 2.52. The van der Waals surface area contributed by atoms with Gasteiger partial charge < -0.3 is 40.7 Å². The van der Waals surface area contributed by atoms with Gasteiger partial charge in [0.1, 0.15) is 35.5 Å². The molecule has 2 aliphatic heterocycles. The van der Waals surface area contributed by atoms with Crippen LogP contribution in [0.15, 0.2) is 72.9 Å². The molecule has 5 N–H and O–H groups in total. The fourth-order valence-corrected chi connectivity index (χ4v) is 8.86. The Labute approximate surface area is 425 Å². The summed E-state index contributed by atoms with van der Waals surface area (Å²) in [5, 5.41) is 24.6. The normalized spacial score (nSPS) is 17.3. The van der Waals surface area contributed by atoms with Crippen LogP contribution >= 0.6 is 12.2 Å². The van der Waals surface area contributed by atoms with Crippen molar-refractivity contribution in [2.24, 2.45) is 11.1 Å². The summed E-state index contributed by atoms with van der Waals surface area (Å²) in [5.41, 5.74) is -0.876. The number of pyridine rings is 1. The second-order valence-corrected chi connectivity index (χ2v) is 19.4. The van der Waals surface area contributed by atoms with Gasteiger partial charge in [0.25, 0.3) is 5.91 Å². The third-order valence-corrected chi connectivity index (χ3v) is 12.5. The minimum absolute atomic E-state index is 0.000298. The molecule has 2 fully saturated rings. The molecule has 4 aromatic rings. The molecule has 24 heteroatoms. The smallest absolute Gasteiger partial charge is 0.420 e. The van der Waals surface area contributed by atoms with Gasteiger partial charge in [-0.25, -0.2) is 4.39 Å². The average Bonchev–Trinajstić information content (AvgIpc) is 3.80. The largest absolute Gasteiger partial charge is 0.493 e. The number of β-amino-alcohol motifs (C(OH)–C–C–N with tert-alkyl or cyclic N) is 1. The molecule has 16 nitrogen and oxygen atoms in total. The van der Waals surface area contributed by atoms with Crippen molar-refractivity contribution in [3.63, 3.8) is 0 Å². The number of likely N-dealkylation sites (tertiary alicyclic amines) is 1. The van der Waals surface area contributed by atoms with Crippen LogP contribution in [0.3, 0.4) is 0 Å². The second-order valence-electron chi connectivity index (χ2n) is 19.0. The first-order valence-electron chi connectivity index (χ1n) is 22.9. The van der Waals surface area contributed by atoms with Crippen LogP contribution in [-0.2, 0) is 42.8 Å². The number of thiocarbonyl (C=S) groups is 1. The van der Waals surface area contributed by atoms with Crippen molar-refractivity contribution in [1.82, 2.24) is 20.5 Å². The molecule has 1 aromatic heterocycles. The number of nitriles is 1. The number of unbranched alkanes of at least 4 members (excludes halogenated alkanes) is 1. The van der Waals surface area contributed by atoms with Crippen LogP contribution in [0.1, 0.15) is 86.5 Å². The van der Waals surface area contributed by atoms with E-state index in [0.29, 0.717) is 10.5 Å². The van der Waals surface area contributed by atoms with Crippen LogP contribution in [0, 0.1) is 22.6 Å². The number of nitrogens with one attached hydrogen (secondary N) is 2. The maximum absolute atomic E-state index is 15.5. The molecule has 0 bridgehead atoms. The van der Waals surface area contributed by atoms with Crippen molar-refractivity contribution in [3.8, 4) is 23.1 Å². The van der Waals surface area contributed by atoms with E-state index in [1.54, 1.807) is 32.9 Å². The third-order valence-electron chi connectivity index (χ3n) is 12.2. The standard InChI is InChI=1S/C50H51F7N8O8S/c1-47(2,3)41(44(70)63-25-32(66)21-36(63)43(69)61-23-27-8-10-28(11-9-27)42(59)68)62-38(67)26-72-18-6-7-19-73-37-17-13-29(20-33(37)49(52,53)54)34-15-14-31(24-60-34)65-46(74)64(45(71)48(65,4)5)35-16-12-30(22-58)39(40(35)51)50(55,56)57/h8-17,20,24,32,36,41,66H,6-7,18-19,21,23,25-26H2,1-5H3,(H2,59,68)(H,61,69)(H,62,67)/t32-,36+,41-/m1/s1. The SMILES string of the molecule is CC(C)(C)[C@H](NC(=O)COCCCCOc1ccc(-c2ccc(N3C(=S)N(c4ccc(C#N)c(C(F)(F)F)c4F)C(=O)C3(C)C)cn2)cc1C(F)(F)F)C(=O)N1C[C@H](O)C[C@H]1C(=O)NCc1ccc(C(N)=O)cc1. The van der Waals surface area contributed by atoms with Gasteiger partial charge in [-0.3, -0.25) is 33.9 Å². The lowest BCUT2D eigenvalue weighted by atomic mass is 9.85. The Hall–Kier alpha value is -7.23. The fourth-order valence-electron chi connectivity index (χ4n) is 8.34. The van der Waals surface area contributed by atoms with Gasteiger partial charge in [-0.15, -0.1) is 0 Å². The summed E-state index contributed by atoms with van der Waals surface area (Å²) in [6.07, 6.45) is -9.53. The van der Waals surface area contributed by atoms with Crippen molar-refractivity contribution in [3.05, 3.63) is 107 Å². The van der Waals surface area contributed by atoms with E-state index in [2.05, 4.69) is 15.6 Å². The Morgan fingerprint density at radius 2 is 1.65 bits per heavy atom. The summed E-state index contributed by atoms with van der Waals surface area (Å²) in [6, 6.07) is 12.9. The number of rotatable bonds is 17. The number of halogens is 7. The molecule has 394 valence electrons. The third kappa shape index (κ3) is 12.4. The Morgan fingerprint density at radius 3 is 2.24 bits per heavy atom. The number of aromatic nitrogens is 1. The number of nitrogens with two attached hydrogens (primary N) is 1. The number of carbonyl (C=O) groups excluding carboxylic acids is 5. The van der Waals surface area contributed by atoms with E-state index in [-0.39, 0.29) is 68.1 Å². The molecule has 0 unspecified atom stereocenters. The summed E-state index contributed by atoms with van der Waals surface area (Å²) in [5.74, 6) is -5.65. The van der Waals surface area contributed by atoms with Gasteiger partial charge in [0.2, 0.25) is 23.6 Å². The van der Waals surface area contributed by atoms with Crippen molar-refractivity contribution < 1.29 is 69.3 Å². The lowest BCUT2D eigenvalue weighted by Gasteiger charge is -2.35. The van der Waals surface area contributed by atoms with Gasteiger partial charge in [0.15, 0.2) is 10.9 Å². The number of benzene rings is 3. The maximum Gasteiger partial charge on any atom is 0.420 e. The number of hydrogen-bond donors (Lipinski definition) is 4. The van der Waals surface area contributed by atoms with Crippen molar-refractivity contribution in [2.75, 3.05) is 36.2 Å². The summed E-state index contributed by atoms with van der Waals surface area (Å²) in [4.78, 5) is 72.4.